The Kier molecular flexibility index (Phi) is 12.0. The summed E-state index contributed by atoms with van der Waals surface area (Å²) in [6.07, 6.45) is 0. The number of alkyl halides is 6. The Morgan fingerprint density at radius 2 is 0.608 bits per heavy atom. The maximum Gasteiger partial charge on any atom is 0.502 e. The van der Waals surface area contributed by atoms with E-state index >= 15 is 0 Å². The molecule has 10 aromatic carbocycles. The van der Waals surface area contributed by atoms with Crippen LogP contribution in [0, 0.1) is 0 Å². The minimum absolute atomic E-state index is 0.0147. The Balaban J connectivity index is 0.000000159. The molecule has 372 valence electrons. The van der Waals surface area contributed by atoms with Crippen LogP contribution >= 0.6 is 16.0 Å². The van der Waals surface area contributed by atoms with Gasteiger partial charge in [0.15, 0.2) is 11.2 Å². The summed E-state index contributed by atoms with van der Waals surface area (Å²) in [6, 6.07) is 55.4. The second-order valence-electron chi connectivity index (χ2n) is 17.2. The summed E-state index contributed by atoms with van der Waals surface area (Å²) in [6.45, 7) is 3.19. The van der Waals surface area contributed by atoms with Crippen LogP contribution in [-0.4, -0.2) is 27.9 Å². The molecule has 74 heavy (non-hydrogen) atoms. The highest BCUT2D eigenvalue weighted by Crippen LogP contribution is 2.49. The van der Waals surface area contributed by atoms with Crippen molar-refractivity contribution >= 4 is 123 Å². The van der Waals surface area contributed by atoms with Crippen LogP contribution in [0.1, 0.15) is 0 Å². The molecule has 12 rings (SSSR count). The molecule has 0 aliphatic heterocycles. The van der Waals surface area contributed by atoms with Crippen LogP contribution in [0.5, 0.6) is 0 Å². The van der Waals surface area contributed by atoms with Gasteiger partial charge in [0.2, 0.25) is 16.0 Å². The Morgan fingerprint density at radius 3 is 0.919 bits per heavy atom. The molecular weight excluding hydrogens is 1040 g/mol. The molecular formula is C56H36F6O8P2S2. The Morgan fingerprint density at radius 1 is 0.351 bits per heavy atom. The number of aryl methyl sites for hydroxylation is 2. The fourth-order valence-corrected chi connectivity index (χ4v) is 13.3. The van der Waals surface area contributed by atoms with E-state index in [9.17, 15) is 43.2 Å². The quantitative estimate of drug-likeness (QED) is 0.160. The zero-order chi connectivity index (χ0) is 51.9. The molecule has 0 unspecified atom stereocenters. The van der Waals surface area contributed by atoms with E-state index in [1.165, 1.54) is 59.3 Å². The Labute approximate surface area is 419 Å². The minimum Gasteiger partial charge on any atom is -0.419 e. The van der Waals surface area contributed by atoms with Gasteiger partial charge >= 0.3 is 11.0 Å². The van der Waals surface area contributed by atoms with E-state index in [0.717, 1.165) is 73.8 Å². The SMILES string of the molecule is Cp1oc2c(-c3ccccc3)cc3ccccc3c2c2c(o1)c(-c1ccccc1)cc1ccccc12.Cp1oc2c(S(=O)(=O)C(F)(F)F)cc3ccccc3c2c2c(o1)c(S(=O)(=O)C(F)(F)F)cc1ccccc12. The molecule has 0 saturated heterocycles. The lowest BCUT2D eigenvalue weighted by Gasteiger charge is -2.13. The lowest BCUT2D eigenvalue weighted by atomic mass is 9.91. The fourth-order valence-electron chi connectivity index (χ4n) is 9.49. The van der Waals surface area contributed by atoms with Crippen molar-refractivity contribution in [2.24, 2.45) is 13.3 Å². The summed E-state index contributed by atoms with van der Waals surface area (Å²) in [7, 11) is -15.7. The fraction of sp³-hybridized carbons (Fsp3) is 0.0714. The maximum absolute atomic E-state index is 13.7. The first-order chi connectivity index (χ1) is 35.3. The maximum atomic E-state index is 13.7. The third kappa shape index (κ3) is 8.17. The third-order valence-electron chi connectivity index (χ3n) is 12.7. The first-order valence-corrected chi connectivity index (χ1v) is 28.7. The minimum atomic E-state index is -6.03. The van der Waals surface area contributed by atoms with Gasteiger partial charge in [-0.25, -0.2) is 16.8 Å². The molecule has 18 heteroatoms. The lowest BCUT2D eigenvalue weighted by molar-refractivity contribution is -0.0441. The van der Waals surface area contributed by atoms with E-state index < -0.39 is 67.7 Å². The molecule has 0 amide bonds. The molecule has 0 aliphatic rings. The van der Waals surface area contributed by atoms with Gasteiger partial charge in [-0.15, -0.1) is 0 Å². The summed E-state index contributed by atoms with van der Waals surface area (Å²) in [5, 5.41) is 6.38. The molecule has 0 N–H and O–H groups in total. The summed E-state index contributed by atoms with van der Waals surface area (Å²) in [5.41, 5.74) is -6.88. The molecule has 0 radical (unpaired) electrons. The van der Waals surface area contributed by atoms with E-state index in [0.29, 0.717) is 0 Å². The van der Waals surface area contributed by atoms with E-state index in [4.69, 9.17) is 16.8 Å². The number of halogens is 6. The number of hydrogen-bond acceptors (Lipinski definition) is 8. The largest absolute Gasteiger partial charge is 0.502 e. The van der Waals surface area contributed by atoms with Gasteiger partial charge in [0.05, 0.1) is 0 Å². The number of rotatable bonds is 4. The molecule has 12 aromatic rings. The van der Waals surface area contributed by atoms with Gasteiger partial charge in [0.1, 0.15) is 21.0 Å². The Hall–Kier alpha value is -7.48. The highest BCUT2D eigenvalue weighted by atomic mass is 32.2. The highest BCUT2D eigenvalue weighted by molar-refractivity contribution is 7.92. The van der Waals surface area contributed by atoms with Crippen LogP contribution in [0.15, 0.2) is 209 Å². The Bertz CT molecular complexity index is 4290. The number of sulfone groups is 2. The topological polar surface area (TPSA) is 121 Å². The zero-order valence-electron chi connectivity index (χ0n) is 38.6. The molecule has 0 saturated carbocycles. The lowest BCUT2D eigenvalue weighted by Crippen LogP contribution is -2.23. The predicted molar refractivity (Wildman–Crippen MR) is 282 cm³/mol. The molecule has 2 aromatic heterocycles. The van der Waals surface area contributed by atoms with Crippen LogP contribution in [0.3, 0.4) is 0 Å². The van der Waals surface area contributed by atoms with Crippen LogP contribution in [0.25, 0.3) is 109 Å². The van der Waals surface area contributed by atoms with Crippen LogP contribution in [0.4, 0.5) is 26.3 Å². The smallest absolute Gasteiger partial charge is 0.419 e. The van der Waals surface area contributed by atoms with E-state index in [1.54, 1.807) is 0 Å². The molecule has 8 nitrogen and oxygen atoms in total. The van der Waals surface area contributed by atoms with Crippen molar-refractivity contribution in [2.75, 3.05) is 0 Å². The first kappa shape index (κ1) is 48.8. The molecule has 0 atom stereocenters. The van der Waals surface area contributed by atoms with Crippen molar-refractivity contribution in [3.63, 3.8) is 0 Å². The van der Waals surface area contributed by atoms with E-state index in [2.05, 4.69) is 121 Å². The van der Waals surface area contributed by atoms with Crippen molar-refractivity contribution in [1.29, 1.82) is 0 Å². The van der Waals surface area contributed by atoms with Gasteiger partial charge in [-0.3, -0.25) is 0 Å². The van der Waals surface area contributed by atoms with Crippen LogP contribution in [0.2, 0.25) is 0 Å². The van der Waals surface area contributed by atoms with Gasteiger partial charge in [-0.1, -0.05) is 158 Å². The number of benzene rings is 10. The highest BCUT2D eigenvalue weighted by Gasteiger charge is 2.50. The summed E-state index contributed by atoms with van der Waals surface area (Å²) >= 11 is 0. The normalized spacial score (nSPS) is 12.5. The van der Waals surface area contributed by atoms with Crippen molar-refractivity contribution in [2.45, 2.75) is 20.8 Å². The van der Waals surface area contributed by atoms with Crippen molar-refractivity contribution in [3.8, 4) is 22.3 Å². The van der Waals surface area contributed by atoms with Gasteiger partial charge in [-0.2, -0.15) is 26.3 Å². The summed E-state index contributed by atoms with van der Waals surface area (Å²) < 4.78 is 157. The monoisotopic (exact) mass is 1080 g/mol. The zero-order valence-corrected chi connectivity index (χ0v) is 42.0. The van der Waals surface area contributed by atoms with Gasteiger partial charge in [0.25, 0.3) is 19.7 Å². The van der Waals surface area contributed by atoms with Crippen molar-refractivity contribution in [1.82, 2.24) is 0 Å². The third-order valence-corrected chi connectivity index (χ3v) is 17.4. The van der Waals surface area contributed by atoms with E-state index in [-0.39, 0.29) is 32.3 Å². The van der Waals surface area contributed by atoms with Crippen LogP contribution in [-0.2, 0) is 33.0 Å². The molecule has 0 spiro atoms. The average molecular weight is 1080 g/mol. The van der Waals surface area contributed by atoms with Crippen LogP contribution < -0.4 is 0 Å². The standard InChI is InChI=1S/C33H23O2P.C23H13F6O6PS2/c1-36-34-32-28(22-12-4-2-5-13-22)20-24-16-8-10-18-26(24)30(32)31-27-19-11-9-17-25(27)21-29(33(31)35-36)23-14-6-3-7-15-23;1-36-34-20-16(37(30,31)22(24,25)26)10-12-6-2-4-8-14(12)18(20)19-15-9-5-3-7-13(15)11-17(21(19)35-36)38(32,33)23(27,28)29/h2-21H,1H3;2-11H,1H3. The number of fused-ring (bicyclic) bond motifs is 14. The van der Waals surface area contributed by atoms with Gasteiger partial charge in [-0.05, 0) is 78.5 Å². The first-order valence-electron chi connectivity index (χ1n) is 22.5. The second-order valence-corrected chi connectivity index (χ2v) is 23.5. The average Bonchev–Trinajstić information content (AvgIpc) is 3.66. The van der Waals surface area contributed by atoms with Crippen molar-refractivity contribution in [3.05, 3.63) is 182 Å². The predicted octanol–water partition coefficient (Wildman–Crippen LogP) is 18.2. The molecule has 2 heterocycles. The molecule has 0 aliphatic carbocycles. The van der Waals surface area contributed by atoms with Gasteiger partial charge < -0.3 is 16.8 Å². The number of hydrogen-bond donors (Lipinski definition) is 0. The second kappa shape index (κ2) is 18.2. The van der Waals surface area contributed by atoms with Crippen molar-refractivity contribution < 1.29 is 60.0 Å². The van der Waals surface area contributed by atoms with E-state index in [1.807, 2.05) is 6.66 Å². The van der Waals surface area contributed by atoms with Gasteiger partial charge in [0, 0.05) is 46.0 Å². The molecule has 0 fully saturated rings. The summed E-state index contributed by atoms with van der Waals surface area (Å²) in [4.78, 5) is -2.56. The molecule has 0 bridgehead atoms. The summed E-state index contributed by atoms with van der Waals surface area (Å²) in [5.74, 6) is 0.